The van der Waals surface area contributed by atoms with Crippen molar-refractivity contribution >= 4 is 5.97 Å². The molecule has 1 aromatic carbocycles. The molecule has 6 heteroatoms. The van der Waals surface area contributed by atoms with Gasteiger partial charge in [0.15, 0.2) is 0 Å². The van der Waals surface area contributed by atoms with Crippen molar-refractivity contribution in [1.29, 1.82) is 0 Å². The minimum atomic E-state index is -0.291. The molecular formula is C20H24N2O4. The van der Waals surface area contributed by atoms with Gasteiger partial charge in [-0.05, 0) is 55.0 Å². The van der Waals surface area contributed by atoms with Gasteiger partial charge in [0, 0.05) is 11.8 Å². The number of rotatable bonds is 3. The van der Waals surface area contributed by atoms with Gasteiger partial charge in [0.1, 0.15) is 6.10 Å². The summed E-state index contributed by atoms with van der Waals surface area (Å²) in [5, 5.41) is 4.87. The fourth-order valence-electron chi connectivity index (χ4n) is 3.90. The van der Waals surface area contributed by atoms with Crippen LogP contribution in [-0.2, 0) is 33.6 Å². The van der Waals surface area contributed by atoms with Crippen LogP contribution in [0.15, 0.2) is 18.3 Å². The predicted molar refractivity (Wildman–Crippen MR) is 96.3 cm³/mol. The zero-order valence-electron chi connectivity index (χ0n) is 15.3. The number of methoxy groups -OCH3 is 1. The maximum Gasteiger partial charge on any atom is 0.337 e. The van der Waals surface area contributed by atoms with E-state index >= 15 is 0 Å². The van der Waals surface area contributed by atoms with Gasteiger partial charge >= 0.3 is 5.97 Å². The molecule has 1 aliphatic carbocycles. The minimum Gasteiger partial charge on any atom is -0.465 e. The van der Waals surface area contributed by atoms with Crippen LogP contribution in [-0.4, -0.2) is 48.8 Å². The van der Waals surface area contributed by atoms with E-state index in [9.17, 15) is 4.79 Å². The van der Waals surface area contributed by atoms with Crippen molar-refractivity contribution in [3.8, 4) is 11.3 Å². The molecule has 0 amide bonds. The average Bonchev–Trinajstić information content (AvgIpc) is 2.95. The lowest BCUT2D eigenvalue weighted by Gasteiger charge is -2.22. The summed E-state index contributed by atoms with van der Waals surface area (Å²) in [6.45, 7) is 4.66. The molecule has 1 aromatic heterocycles. The van der Waals surface area contributed by atoms with E-state index in [0.717, 1.165) is 36.1 Å². The van der Waals surface area contributed by atoms with E-state index < -0.39 is 0 Å². The van der Waals surface area contributed by atoms with E-state index in [1.54, 1.807) is 0 Å². The summed E-state index contributed by atoms with van der Waals surface area (Å²) in [6, 6.07) is 3.86. The summed E-state index contributed by atoms with van der Waals surface area (Å²) in [5.74, 6) is -0.291. The number of ether oxygens (including phenoxy) is 3. The molecule has 138 valence electrons. The topological polar surface area (TPSA) is 62.6 Å². The Morgan fingerprint density at radius 2 is 2.15 bits per heavy atom. The summed E-state index contributed by atoms with van der Waals surface area (Å²) in [4.78, 5) is 11.9. The van der Waals surface area contributed by atoms with Crippen LogP contribution in [0.1, 0.15) is 33.5 Å². The molecule has 0 unspecified atom stereocenters. The van der Waals surface area contributed by atoms with E-state index in [0.29, 0.717) is 31.9 Å². The summed E-state index contributed by atoms with van der Waals surface area (Å²) in [7, 11) is 1.42. The third-order valence-corrected chi connectivity index (χ3v) is 5.08. The lowest BCUT2D eigenvalue weighted by Crippen LogP contribution is -2.32. The SMILES string of the molecule is COC(=O)c1cc(C)c2c(c1)CCCc1cn(C[C@H]3COCCO3)nc1-2. The Balaban J connectivity index is 1.69. The number of nitrogens with zero attached hydrogens (tertiary/aromatic N) is 2. The predicted octanol–water partition coefficient (Wildman–Crippen LogP) is 2.55. The molecule has 2 aromatic rings. The molecule has 1 fully saturated rings. The molecule has 1 aliphatic heterocycles. The molecule has 26 heavy (non-hydrogen) atoms. The Morgan fingerprint density at radius 3 is 2.92 bits per heavy atom. The van der Waals surface area contributed by atoms with Gasteiger partial charge in [0.2, 0.25) is 0 Å². The van der Waals surface area contributed by atoms with Gasteiger partial charge in [0.25, 0.3) is 0 Å². The van der Waals surface area contributed by atoms with Gasteiger partial charge in [-0.2, -0.15) is 5.10 Å². The Hall–Kier alpha value is -2.18. The van der Waals surface area contributed by atoms with Crippen molar-refractivity contribution in [2.24, 2.45) is 0 Å². The molecule has 1 atom stereocenters. The first kappa shape index (κ1) is 17.2. The lowest BCUT2D eigenvalue weighted by atomic mass is 9.94. The Kier molecular flexibility index (Phi) is 4.78. The Morgan fingerprint density at radius 1 is 1.31 bits per heavy atom. The summed E-state index contributed by atoms with van der Waals surface area (Å²) < 4.78 is 18.1. The van der Waals surface area contributed by atoms with Crippen LogP contribution in [0.2, 0.25) is 0 Å². The zero-order valence-corrected chi connectivity index (χ0v) is 15.3. The van der Waals surface area contributed by atoms with Crippen molar-refractivity contribution in [3.63, 3.8) is 0 Å². The van der Waals surface area contributed by atoms with Crippen molar-refractivity contribution in [2.45, 2.75) is 38.8 Å². The van der Waals surface area contributed by atoms with Crippen LogP contribution >= 0.6 is 0 Å². The minimum absolute atomic E-state index is 0.0505. The van der Waals surface area contributed by atoms with Crippen LogP contribution in [0.5, 0.6) is 0 Å². The number of carbonyl (C=O) groups excluding carboxylic acids is 1. The monoisotopic (exact) mass is 356 g/mol. The number of hydrogen-bond donors (Lipinski definition) is 0. The average molecular weight is 356 g/mol. The van der Waals surface area contributed by atoms with E-state index in [-0.39, 0.29) is 12.1 Å². The molecule has 6 nitrogen and oxygen atoms in total. The van der Waals surface area contributed by atoms with Crippen molar-refractivity contribution in [1.82, 2.24) is 9.78 Å². The number of benzene rings is 1. The van der Waals surface area contributed by atoms with E-state index in [4.69, 9.17) is 19.3 Å². The fourth-order valence-corrected chi connectivity index (χ4v) is 3.90. The maximum atomic E-state index is 11.9. The molecule has 0 N–H and O–H groups in total. The normalized spacial score (nSPS) is 19.4. The molecule has 2 aliphatic rings. The largest absolute Gasteiger partial charge is 0.465 e. The molecule has 0 spiro atoms. The number of hydrogen-bond acceptors (Lipinski definition) is 5. The highest BCUT2D eigenvalue weighted by molar-refractivity contribution is 5.91. The third kappa shape index (κ3) is 3.27. The molecule has 1 saturated heterocycles. The van der Waals surface area contributed by atoms with E-state index in [2.05, 4.69) is 6.20 Å². The lowest BCUT2D eigenvalue weighted by molar-refractivity contribution is -0.0946. The van der Waals surface area contributed by atoms with Crippen molar-refractivity contribution in [2.75, 3.05) is 26.9 Å². The number of aromatic nitrogens is 2. The van der Waals surface area contributed by atoms with Crippen molar-refractivity contribution in [3.05, 3.63) is 40.6 Å². The van der Waals surface area contributed by atoms with Crippen molar-refractivity contribution < 1.29 is 19.0 Å². The zero-order chi connectivity index (χ0) is 18.1. The fraction of sp³-hybridized carbons (Fsp3) is 0.500. The highest BCUT2D eigenvalue weighted by Gasteiger charge is 2.23. The van der Waals surface area contributed by atoms with Gasteiger partial charge in [-0.3, -0.25) is 4.68 Å². The highest BCUT2D eigenvalue weighted by Crippen LogP contribution is 2.35. The maximum absolute atomic E-state index is 11.9. The smallest absolute Gasteiger partial charge is 0.337 e. The van der Waals surface area contributed by atoms with Gasteiger partial charge in [-0.25, -0.2) is 4.79 Å². The Labute approximate surface area is 153 Å². The van der Waals surface area contributed by atoms with E-state index in [1.165, 1.54) is 18.2 Å². The standard InChI is InChI=1S/C20H24N2O4/c1-13-8-16(20(23)24-2)9-14-4-3-5-15-10-22(21-19(15)18(13)14)11-17-12-25-6-7-26-17/h8-10,17H,3-7,11-12H2,1-2H3/t17-/m0/s1. The highest BCUT2D eigenvalue weighted by atomic mass is 16.6. The van der Waals surface area contributed by atoms with Gasteiger partial charge in [-0.1, -0.05) is 0 Å². The molecule has 4 rings (SSSR count). The van der Waals surface area contributed by atoms with Gasteiger partial charge in [-0.15, -0.1) is 0 Å². The Bertz CT molecular complexity index is 821. The summed E-state index contributed by atoms with van der Waals surface area (Å²) in [5.41, 5.74) is 6.29. The number of fused-ring (bicyclic) bond motifs is 3. The van der Waals surface area contributed by atoms with Crippen LogP contribution in [0.25, 0.3) is 11.3 Å². The molecular weight excluding hydrogens is 332 g/mol. The number of esters is 1. The van der Waals surface area contributed by atoms with Gasteiger partial charge < -0.3 is 14.2 Å². The number of carbonyl (C=O) groups is 1. The molecule has 0 saturated carbocycles. The third-order valence-electron chi connectivity index (χ3n) is 5.08. The number of aryl methyl sites for hydroxylation is 3. The van der Waals surface area contributed by atoms with Crippen LogP contribution in [0.4, 0.5) is 0 Å². The second kappa shape index (κ2) is 7.21. The van der Waals surface area contributed by atoms with Crippen LogP contribution in [0, 0.1) is 6.92 Å². The first-order valence-electron chi connectivity index (χ1n) is 9.13. The first-order chi connectivity index (χ1) is 12.7. The summed E-state index contributed by atoms with van der Waals surface area (Å²) >= 11 is 0. The second-order valence-electron chi connectivity index (χ2n) is 6.97. The summed E-state index contributed by atoms with van der Waals surface area (Å²) in [6.07, 6.45) is 5.15. The quantitative estimate of drug-likeness (QED) is 0.791. The molecule has 0 radical (unpaired) electrons. The van der Waals surface area contributed by atoms with Crippen LogP contribution in [0.3, 0.4) is 0 Å². The molecule has 0 bridgehead atoms. The van der Waals surface area contributed by atoms with Crippen LogP contribution < -0.4 is 0 Å². The van der Waals surface area contributed by atoms with E-state index in [1.807, 2.05) is 23.7 Å². The van der Waals surface area contributed by atoms with Gasteiger partial charge in [0.05, 0.1) is 44.7 Å². The molecule has 2 heterocycles. The second-order valence-corrected chi connectivity index (χ2v) is 6.97. The first-order valence-corrected chi connectivity index (χ1v) is 9.13.